The Kier molecular flexibility index (Phi) is 5.14. The fourth-order valence-corrected chi connectivity index (χ4v) is 2.01. The van der Waals surface area contributed by atoms with Crippen LogP contribution in [-0.4, -0.2) is 56.5 Å². The van der Waals surface area contributed by atoms with Gasteiger partial charge in [0.2, 0.25) is 5.91 Å². The summed E-state index contributed by atoms with van der Waals surface area (Å²) in [5.74, 6) is -0.289. The van der Waals surface area contributed by atoms with Gasteiger partial charge in [-0.1, -0.05) is 11.8 Å². The molecule has 0 bridgehead atoms. The van der Waals surface area contributed by atoms with E-state index in [0.717, 1.165) is 11.8 Å². The van der Waals surface area contributed by atoms with Crippen LogP contribution in [0.25, 0.3) is 0 Å². The molecule has 0 spiro atoms. The molecular weight excluding hydrogens is 256 g/mol. The van der Waals surface area contributed by atoms with Gasteiger partial charge < -0.3 is 14.6 Å². The monoisotopic (exact) mass is 272 g/mol. The van der Waals surface area contributed by atoms with Crippen LogP contribution in [0.5, 0.6) is 0 Å². The highest BCUT2D eigenvalue weighted by atomic mass is 32.2. The van der Waals surface area contributed by atoms with Crippen molar-refractivity contribution in [1.29, 1.82) is 0 Å². The first-order valence-corrected chi connectivity index (χ1v) is 6.35. The molecule has 0 fully saturated rings. The summed E-state index contributed by atoms with van der Waals surface area (Å²) in [7, 11) is 3.39. The largest absolute Gasteiger partial charge is 0.481 e. The molecule has 8 heteroatoms. The Balaban J connectivity index is 2.66. The number of carboxylic acids is 1. The number of carbonyl (C=O) groups is 2. The summed E-state index contributed by atoms with van der Waals surface area (Å²) in [4.78, 5) is 23.5. The molecule has 0 aliphatic carbocycles. The van der Waals surface area contributed by atoms with Crippen LogP contribution in [-0.2, 0) is 16.1 Å². The van der Waals surface area contributed by atoms with Crippen molar-refractivity contribution in [1.82, 2.24) is 19.7 Å². The van der Waals surface area contributed by atoms with E-state index in [1.807, 2.05) is 0 Å². The van der Waals surface area contributed by atoms with Crippen LogP contribution in [0.15, 0.2) is 5.16 Å². The number of aryl methyl sites for hydroxylation is 1. The Bertz CT molecular complexity index is 444. The summed E-state index contributed by atoms with van der Waals surface area (Å²) in [6.45, 7) is 2.23. The van der Waals surface area contributed by atoms with Crippen molar-refractivity contribution >= 4 is 23.6 Å². The molecule has 1 heterocycles. The Morgan fingerprint density at radius 3 is 2.61 bits per heavy atom. The second-order valence-electron chi connectivity index (χ2n) is 3.90. The van der Waals surface area contributed by atoms with E-state index in [2.05, 4.69) is 10.2 Å². The number of hydrogen-bond acceptors (Lipinski definition) is 5. The number of thioether (sulfide) groups is 1. The average Bonchev–Trinajstić information content (AvgIpc) is 2.64. The van der Waals surface area contributed by atoms with Crippen molar-refractivity contribution < 1.29 is 14.7 Å². The fraction of sp³-hybridized carbons (Fsp3) is 0.600. The number of aliphatic carboxylic acids is 1. The summed E-state index contributed by atoms with van der Waals surface area (Å²) in [5, 5.41) is 16.9. The van der Waals surface area contributed by atoms with Gasteiger partial charge in [0.25, 0.3) is 0 Å². The second kappa shape index (κ2) is 6.39. The van der Waals surface area contributed by atoms with Gasteiger partial charge in [0.1, 0.15) is 5.82 Å². The summed E-state index contributed by atoms with van der Waals surface area (Å²) < 4.78 is 1.76. The average molecular weight is 272 g/mol. The third-order valence-corrected chi connectivity index (χ3v) is 3.23. The zero-order chi connectivity index (χ0) is 13.7. The molecule has 0 saturated carbocycles. The molecule has 1 amide bonds. The van der Waals surface area contributed by atoms with E-state index < -0.39 is 5.97 Å². The number of nitrogens with zero attached hydrogens (tertiary/aromatic N) is 4. The Morgan fingerprint density at radius 2 is 2.06 bits per heavy atom. The molecule has 1 rings (SSSR count). The van der Waals surface area contributed by atoms with E-state index in [0.29, 0.717) is 23.9 Å². The fourth-order valence-electron chi connectivity index (χ4n) is 1.28. The van der Waals surface area contributed by atoms with E-state index in [4.69, 9.17) is 5.11 Å². The summed E-state index contributed by atoms with van der Waals surface area (Å²) in [6, 6.07) is 0. The van der Waals surface area contributed by atoms with Gasteiger partial charge in [-0.2, -0.15) is 0 Å². The summed E-state index contributed by atoms with van der Waals surface area (Å²) in [5.41, 5.74) is 0. The predicted molar refractivity (Wildman–Crippen MR) is 66.4 cm³/mol. The van der Waals surface area contributed by atoms with Crippen LogP contribution < -0.4 is 0 Å². The molecule has 0 unspecified atom stereocenters. The molecule has 0 aliphatic rings. The van der Waals surface area contributed by atoms with E-state index in [1.54, 1.807) is 25.6 Å². The van der Waals surface area contributed by atoms with Crippen molar-refractivity contribution in [2.45, 2.75) is 25.0 Å². The topological polar surface area (TPSA) is 88.3 Å². The molecule has 1 aromatic heterocycles. The highest BCUT2D eigenvalue weighted by molar-refractivity contribution is 7.99. The minimum absolute atomic E-state index is 0.0114. The number of amides is 1. The van der Waals surface area contributed by atoms with Crippen LogP contribution in [0.4, 0.5) is 0 Å². The molecule has 18 heavy (non-hydrogen) atoms. The van der Waals surface area contributed by atoms with Crippen molar-refractivity contribution in [2.24, 2.45) is 0 Å². The minimum Gasteiger partial charge on any atom is -0.481 e. The van der Waals surface area contributed by atoms with Crippen LogP contribution in [0.3, 0.4) is 0 Å². The van der Waals surface area contributed by atoms with Gasteiger partial charge in [0, 0.05) is 27.1 Å². The van der Waals surface area contributed by atoms with E-state index in [1.165, 1.54) is 4.90 Å². The maximum Gasteiger partial charge on any atom is 0.313 e. The lowest BCUT2D eigenvalue weighted by atomic mass is 10.4. The van der Waals surface area contributed by atoms with Crippen molar-refractivity contribution in [3.8, 4) is 0 Å². The van der Waals surface area contributed by atoms with Gasteiger partial charge in [-0.05, 0) is 6.92 Å². The van der Waals surface area contributed by atoms with Gasteiger partial charge in [-0.15, -0.1) is 10.2 Å². The number of rotatable bonds is 6. The van der Waals surface area contributed by atoms with Crippen molar-refractivity contribution in [3.63, 3.8) is 0 Å². The molecule has 0 radical (unpaired) electrons. The standard InChI is InChI=1S/C10H16N4O3S/c1-7-11-12-10(18-6-9(16)17)14(7)5-4-8(15)13(2)3/h4-6H2,1-3H3,(H,16,17). The molecule has 7 nitrogen and oxygen atoms in total. The van der Waals surface area contributed by atoms with Crippen molar-refractivity contribution in [2.75, 3.05) is 19.8 Å². The maximum absolute atomic E-state index is 11.5. The summed E-state index contributed by atoms with van der Waals surface area (Å²) >= 11 is 1.10. The van der Waals surface area contributed by atoms with Gasteiger partial charge in [0.15, 0.2) is 5.16 Å². The second-order valence-corrected chi connectivity index (χ2v) is 4.84. The lowest BCUT2D eigenvalue weighted by molar-refractivity contribution is -0.134. The molecule has 100 valence electrons. The highest BCUT2D eigenvalue weighted by Crippen LogP contribution is 2.17. The molecule has 0 saturated heterocycles. The van der Waals surface area contributed by atoms with E-state index in [-0.39, 0.29) is 11.7 Å². The van der Waals surface area contributed by atoms with Crippen LogP contribution >= 0.6 is 11.8 Å². The van der Waals surface area contributed by atoms with Gasteiger partial charge in [0.05, 0.1) is 5.75 Å². The molecule has 0 aliphatic heterocycles. The zero-order valence-corrected chi connectivity index (χ0v) is 11.4. The Labute approximate surface area is 109 Å². The van der Waals surface area contributed by atoms with E-state index in [9.17, 15) is 9.59 Å². The van der Waals surface area contributed by atoms with E-state index >= 15 is 0 Å². The number of aromatic nitrogens is 3. The molecule has 1 aromatic rings. The molecule has 1 N–H and O–H groups in total. The number of hydrogen-bond donors (Lipinski definition) is 1. The van der Waals surface area contributed by atoms with Crippen molar-refractivity contribution in [3.05, 3.63) is 5.82 Å². The maximum atomic E-state index is 11.5. The third kappa shape index (κ3) is 4.02. The van der Waals surface area contributed by atoms with Crippen LogP contribution in [0.2, 0.25) is 0 Å². The first-order valence-electron chi connectivity index (χ1n) is 5.36. The van der Waals surface area contributed by atoms with Crippen LogP contribution in [0.1, 0.15) is 12.2 Å². The number of carboxylic acid groups (broad SMARTS) is 1. The summed E-state index contributed by atoms with van der Waals surface area (Å²) in [6.07, 6.45) is 0.340. The Morgan fingerprint density at radius 1 is 1.39 bits per heavy atom. The van der Waals surface area contributed by atoms with Gasteiger partial charge >= 0.3 is 5.97 Å². The normalized spacial score (nSPS) is 10.4. The Hall–Kier alpha value is -1.57. The lowest BCUT2D eigenvalue weighted by Gasteiger charge is -2.11. The lowest BCUT2D eigenvalue weighted by Crippen LogP contribution is -2.23. The predicted octanol–water partition coefficient (Wildman–Crippen LogP) is 0.242. The molecule has 0 atom stereocenters. The first-order chi connectivity index (χ1) is 8.41. The van der Waals surface area contributed by atoms with Gasteiger partial charge in [-0.3, -0.25) is 9.59 Å². The zero-order valence-electron chi connectivity index (χ0n) is 10.6. The smallest absolute Gasteiger partial charge is 0.313 e. The quantitative estimate of drug-likeness (QED) is 0.746. The van der Waals surface area contributed by atoms with Crippen LogP contribution in [0, 0.1) is 6.92 Å². The molecule has 0 aromatic carbocycles. The molecular formula is C10H16N4O3S. The SMILES string of the molecule is Cc1nnc(SCC(=O)O)n1CCC(=O)N(C)C. The minimum atomic E-state index is -0.906. The number of carbonyl (C=O) groups excluding carboxylic acids is 1. The first kappa shape index (κ1) is 14.5. The highest BCUT2D eigenvalue weighted by Gasteiger charge is 2.13. The van der Waals surface area contributed by atoms with Gasteiger partial charge in [-0.25, -0.2) is 0 Å². The third-order valence-electron chi connectivity index (χ3n) is 2.27.